The van der Waals surface area contributed by atoms with Gasteiger partial charge in [-0.15, -0.1) is 0 Å². The van der Waals surface area contributed by atoms with Gasteiger partial charge in [0.2, 0.25) is 11.8 Å². The second kappa shape index (κ2) is 8.91. The van der Waals surface area contributed by atoms with Crippen LogP contribution in [0, 0.1) is 0 Å². The number of aryl methyl sites for hydroxylation is 1. The predicted octanol–water partition coefficient (Wildman–Crippen LogP) is 3.73. The van der Waals surface area contributed by atoms with Gasteiger partial charge in [-0.2, -0.15) is 0 Å². The van der Waals surface area contributed by atoms with Crippen molar-refractivity contribution in [2.45, 2.75) is 31.7 Å². The third-order valence-corrected chi connectivity index (χ3v) is 5.65. The van der Waals surface area contributed by atoms with Gasteiger partial charge in [-0.25, -0.2) is 0 Å². The molecule has 2 amide bonds. The van der Waals surface area contributed by atoms with Crippen LogP contribution < -0.4 is 5.32 Å². The van der Waals surface area contributed by atoms with Gasteiger partial charge >= 0.3 is 0 Å². The molecule has 4 heteroatoms. The van der Waals surface area contributed by atoms with Crippen molar-refractivity contribution < 1.29 is 9.59 Å². The lowest BCUT2D eigenvalue weighted by atomic mass is 10.0. The Kier molecular flexibility index (Phi) is 5.89. The van der Waals surface area contributed by atoms with Gasteiger partial charge < -0.3 is 10.2 Å². The summed E-state index contributed by atoms with van der Waals surface area (Å²) in [5.74, 6) is -0.00699. The van der Waals surface area contributed by atoms with E-state index in [0.29, 0.717) is 25.9 Å². The molecule has 148 valence electrons. The third kappa shape index (κ3) is 4.48. The first kappa shape index (κ1) is 19.2. The largest absolute Gasteiger partial charge is 0.354 e. The van der Waals surface area contributed by atoms with Crippen molar-refractivity contribution in [3.8, 4) is 0 Å². The van der Waals surface area contributed by atoms with Crippen LogP contribution in [0.1, 0.15) is 24.0 Å². The maximum atomic E-state index is 13.3. The van der Waals surface area contributed by atoms with Crippen molar-refractivity contribution in [1.82, 2.24) is 10.2 Å². The molecule has 1 saturated heterocycles. The summed E-state index contributed by atoms with van der Waals surface area (Å²) in [6.45, 7) is 1.23. The van der Waals surface area contributed by atoms with Gasteiger partial charge in [0.1, 0.15) is 6.04 Å². The minimum Gasteiger partial charge on any atom is -0.354 e. The third-order valence-electron chi connectivity index (χ3n) is 5.65. The van der Waals surface area contributed by atoms with Crippen LogP contribution >= 0.6 is 0 Å². The van der Waals surface area contributed by atoms with Gasteiger partial charge in [-0.3, -0.25) is 9.59 Å². The van der Waals surface area contributed by atoms with Crippen molar-refractivity contribution in [2.24, 2.45) is 0 Å². The Bertz CT molecular complexity index is 995. The summed E-state index contributed by atoms with van der Waals surface area (Å²) in [6, 6.07) is 24.1. The molecule has 1 atom stereocenters. The lowest BCUT2D eigenvalue weighted by molar-refractivity contribution is -0.138. The molecule has 4 rings (SSSR count). The van der Waals surface area contributed by atoms with Crippen LogP contribution in [0.4, 0.5) is 0 Å². The number of carbonyl (C=O) groups excluding carboxylic acids is 2. The van der Waals surface area contributed by atoms with Crippen LogP contribution in [-0.2, 0) is 22.4 Å². The Morgan fingerprint density at radius 3 is 2.52 bits per heavy atom. The molecular weight excluding hydrogens is 360 g/mol. The number of rotatable bonds is 7. The molecule has 1 aliphatic rings. The Balaban J connectivity index is 1.50. The van der Waals surface area contributed by atoms with Gasteiger partial charge in [0, 0.05) is 13.1 Å². The summed E-state index contributed by atoms with van der Waals surface area (Å²) in [7, 11) is 0. The molecule has 0 aliphatic carbocycles. The van der Waals surface area contributed by atoms with Gasteiger partial charge in [0.05, 0.1) is 6.42 Å². The van der Waals surface area contributed by atoms with E-state index in [1.165, 1.54) is 5.56 Å². The van der Waals surface area contributed by atoms with Gasteiger partial charge in [-0.1, -0.05) is 72.8 Å². The molecule has 0 spiro atoms. The topological polar surface area (TPSA) is 49.4 Å². The first-order valence-electron chi connectivity index (χ1n) is 10.3. The van der Waals surface area contributed by atoms with Crippen molar-refractivity contribution in [3.05, 3.63) is 83.9 Å². The molecule has 0 aromatic heterocycles. The van der Waals surface area contributed by atoms with E-state index in [0.717, 1.165) is 29.2 Å². The highest BCUT2D eigenvalue weighted by Crippen LogP contribution is 2.21. The monoisotopic (exact) mass is 386 g/mol. The number of fused-ring (bicyclic) bond motifs is 1. The van der Waals surface area contributed by atoms with E-state index in [-0.39, 0.29) is 17.9 Å². The van der Waals surface area contributed by atoms with Crippen LogP contribution in [-0.4, -0.2) is 35.8 Å². The number of carbonyl (C=O) groups is 2. The molecule has 1 N–H and O–H groups in total. The summed E-state index contributed by atoms with van der Waals surface area (Å²) in [5, 5.41) is 5.11. The van der Waals surface area contributed by atoms with E-state index in [4.69, 9.17) is 0 Å². The fraction of sp³-hybridized carbons (Fsp3) is 0.280. The maximum Gasteiger partial charge on any atom is 0.242 e. The summed E-state index contributed by atoms with van der Waals surface area (Å²) < 4.78 is 0. The normalized spacial score (nSPS) is 16.0. The van der Waals surface area contributed by atoms with Crippen molar-refractivity contribution in [2.75, 3.05) is 13.1 Å². The Hall–Kier alpha value is -3.14. The summed E-state index contributed by atoms with van der Waals surface area (Å²) in [6.07, 6.45) is 2.74. The van der Waals surface area contributed by atoms with Crippen molar-refractivity contribution >= 4 is 22.6 Å². The second-order valence-electron chi connectivity index (χ2n) is 7.59. The van der Waals surface area contributed by atoms with Crippen molar-refractivity contribution in [3.63, 3.8) is 0 Å². The average molecular weight is 386 g/mol. The zero-order chi connectivity index (χ0) is 20.1. The van der Waals surface area contributed by atoms with E-state index in [9.17, 15) is 9.59 Å². The molecule has 29 heavy (non-hydrogen) atoms. The lowest BCUT2D eigenvalue weighted by Gasteiger charge is -2.27. The molecule has 3 aromatic rings. The highest BCUT2D eigenvalue weighted by atomic mass is 16.2. The van der Waals surface area contributed by atoms with E-state index >= 15 is 0 Å². The highest BCUT2D eigenvalue weighted by Gasteiger charge is 2.33. The molecule has 4 nitrogen and oxygen atoms in total. The van der Waals surface area contributed by atoms with Crippen LogP contribution in [0.5, 0.6) is 0 Å². The predicted molar refractivity (Wildman–Crippen MR) is 116 cm³/mol. The average Bonchev–Trinajstić information content (AvgIpc) is 3.17. The molecule has 1 aliphatic heterocycles. The molecule has 1 fully saturated rings. The first-order chi connectivity index (χ1) is 14.2. The molecule has 0 saturated carbocycles. The molecular formula is C25H26N2O2. The lowest BCUT2D eigenvalue weighted by Crippen LogP contribution is -2.45. The quantitative estimate of drug-likeness (QED) is 0.673. The summed E-state index contributed by atoms with van der Waals surface area (Å²) >= 11 is 0. The number of hydrogen-bond acceptors (Lipinski definition) is 2. The highest BCUT2D eigenvalue weighted by molar-refractivity contribution is 5.93. The number of amides is 2. The molecule has 0 bridgehead atoms. The van der Waals surface area contributed by atoms with Crippen LogP contribution in [0.2, 0.25) is 0 Å². The minimum atomic E-state index is -0.353. The number of benzene rings is 3. The van der Waals surface area contributed by atoms with E-state index in [1.807, 2.05) is 42.5 Å². The molecule has 1 heterocycles. The molecule has 3 aromatic carbocycles. The Morgan fingerprint density at radius 2 is 1.72 bits per heavy atom. The van der Waals surface area contributed by atoms with Gasteiger partial charge in [0.15, 0.2) is 0 Å². The molecule has 1 unspecified atom stereocenters. The van der Waals surface area contributed by atoms with E-state index < -0.39 is 0 Å². The maximum absolute atomic E-state index is 13.3. The van der Waals surface area contributed by atoms with Crippen LogP contribution in [0.15, 0.2) is 72.8 Å². The number of hydrogen-bond donors (Lipinski definition) is 1. The zero-order valence-electron chi connectivity index (χ0n) is 16.5. The van der Waals surface area contributed by atoms with Crippen LogP contribution in [0.3, 0.4) is 0 Å². The van der Waals surface area contributed by atoms with Crippen LogP contribution in [0.25, 0.3) is 10.8 Å². The number of nitrogens with one attached hydrogen (secondary N) is 1. The van der Waals surface area contributed by atoms with E-state index in [2.05, 4.69) is 35.6 Å². The van der Waals surface area contributed by atoms with E-state index in [1.54, 1.807) is 4.90 Å². The molecule has 0 radical (unpaired) electrons. The smallest absolute Gasteiger partial charge is 0.242 e. The Labute approximate surface area is 171 Å². The fourth-order valence-electron chi connectivity index (χ4n) is 4.14. The van der Waals surface area contributed by atoms with Gasteiger partial charge in [-0.05, 0) is 41.2 Å². The SMILES string of the molecule is O=C1NCCC1N(CCCc1ccccc1)C(=O)Cc1cccc2ccccc12. The Morgan fingerprint density at radius 1 is 0.966 bits per heavy atom. The number of nitrogens with zero attached hydrogens (tertiary/aromatic N) is 1. The summed E-state index contributed by atoms with van der Waals surface area (Å²) in [5.41, 5.74) is 2.27. The minimum absolute atomic E-state index is 0.0245. The standard InChI is InChI=1S/C25H26N2O2/c28-24(18-21-13-6-12-20-11-4-5-14-22(20)21)27(23-15-16-26-25(23)29)17-7-10-19-8-2-1-3-9-19/h1-6,8-9,11-14,23H,7,10,15-18H2,(H,26,29). The first-order valence-corrected chi connectivity index (χ1v) is 10.3. The van der Waals surface area contributed by atoms with Gasteiger partial charge in [0.25, 0.3) is 0 Å². The summed E-state index contributed by atoms with van der Waals surface area (Å²) in [4.78, 5) is 27.4. The second-order valence-corrected chi connectivity index (χ2v) is 7.59. The van der Waals surface area contributed by atoms with Crippen molar-refractivity contribution in [1.29, 1.82) is 0 Å². The zero-order valence-corrected chi connectivity index (χ0v) is 16.5. The fourth-order valence-corrected chi connectivity index (χ4v) is 4.14.